The average Bonchev–Trinajstić information content (AvgIpc) is 2.30. The summed E-state index contributed by atoms with van der Waals surface area (Å²) in [6.07, 6.45) is 3.57. The summed E-state index contributed by atoms with van der Waals surface area (Å²) in [6, 6.07) is 7.68. The Bertz CT molecular complexity index is 304. The number of hydrogen-bond donors (Lipinski definition) is 0. The van der Waals surface area contributed by atoms with Crippen LogP contribution in [0.3, 0.4) is 0 Å². The summed E-state index contributed by atoms with van der Waals surface area (Å²) in [6.45, 7) is 0.835. The van der Waals surface area contributed by atoms with E-state index in [1.165, 1.54) is 6.42 Å². The molecular weight excluding hydrogens is 231 g/mol. The first-order valence-corrected chi connectivity index (χ1v) is 6.10. The zero-order chi connectivity index (χ0) is 10.7. The molecule has 2 atom stereocenters. The molecule has 1 aromatic carbocycles. The van der Waals surface area contributed by atoms with Crippen molar-refractivity contribution >= 4 is 23.2 Å². The number of ether oxygens (including phenoxy) is 1. The number of benzene rings is 1. The summed E-state index contributed by atoms with van der Waals surface area (Å²) < 4.78 is 5.66. The van der Waals surface area contributed by atoms with Crippen LogP contribution in [0, 0.1) is 0 Å². The second kappa shape index (κ2) is 5.20. The van der Waals surface area contributed by atoms with Crippen LogP contribution in [0.2, 0.25) is 5.02 Å². The first kappa shape index (κ1) is 11.3. The molecule has 0 bridgehead atoms. The maximum Gasteiger partial charge on any atom is 0.0847 e. The van der Waals surface area contributed by atoms with Gasteiger partial charge in [0.05, 0.1) is 11.5 Å². The summed E-state index contributed by atoms with van der Waals surface area (Å²) in [5, 5.41) is 0.690. The van der Waals surface area contributed by atoms with Crippen molar-refractivity contribution in [3.8, 4) is 0 Å². The van der Waals surface area contributed by atoms with Crippen molar-refractivity contribution in [2.75, 3.05) is 6.61 Å². The third-order valence-corrected chi connectivity index (χ3v) is 3.51. The summed E-state index contributed by atoms with van der Waals surface area (Å²) >= 11 is 12.2. The second-order valence-electron chi connectivity index (χ2n) is 3.86. The van der Waals surface area contributed by atoms with Gasteiger partial charge in [-0.05, 0) is 37.0 Å². The van der Waals surface area contributed by atoms with Gasteiger partial charge in [0.2, 0.25) is 0 Å². The van der Waals surface area contributed by atoms with E-state index < -0.39 is 0 Å². The Labute approximate surface area is 100 Å². The standard InChI is InChI=1S/C12H14Cl2O/c13-10-6-4-9(5-7-10)12(14)11-3-1-2-8-15-11/h4-7,11-12H,1-3,8H2. The van der Waals surface area contributed by atoms with Gasteiger partial charge in [0, 0.05) is 11.6 Å². The molecule has 0 radical (unpaired) electrons. The number of halogens is 2. The molecule has 1 aromatic rings. The van der Waals surface area contributed by atoms with E-state index in [4.69, 9.17) is 27.9 Å². The summed E-state index contributed by atoms with van der Waals surface area (Å²) in [7, 11) is 0. The minimum atomic E-state index is -0.0532. The van der Waals surface area contributed by atoms with E-state index in [9.17, 15) is 0 Å². The third-order valence-electron chi connectivity index (χ3n) is 2.73. The molecule has 0 N–H and O–H groups in total. The topological polar surface area (TPSA) is 9.23 Å². The van der Waals surface area contributed by atoms with Crippen LogP contribution in [0.4, 0.5) is 0 Å². The molecule has 0 aromatic heterocycles. The predicted molar refractivity (Wildman–Crippen MR) is 63.6 cm³/mol. The Morgan fingerprint density at radius 1 is 1.20 bits per heavy atom. The number of hydrogen-bond acceptors (Lipinski definition) is 1. The van der Waals surface area contributed by atoms with Crippen molar-refractivity contribution in [2.24, 2.45) is 0 Å². The van der Waals surface area contributed by atoms with Crippen LogP contribution in [-0.4, -0.2) is 12.7 Å². The van der Waals surface area contributed by atoms with E-state index in [2.05, 4.69) is 0 Å². The Morgan fingerprint density at radius 3 is 2.53 bits per heavy atom. The molecule has 0 aliphatic carbocycles. The Balaban J connectivity index is 2.05. The molecule has 2 rings (SSSR count). The van der Waals surface area contributed by atoms with Gasteiger partial charge in [-0.15, -0.1) is 11.6 Å². The highest BCUT2D eigenvalue weighted by Gasteiger charge is 2.23. The van der Waals surface area contributed by atoms with Crippen LogP contribution in [0.25, 0.3) is 0 Å². The zero-order valence-corrected chi connectivity index (χ0v) is 9.97. The lowest BCUT2D eigenvalue weighted by Crippen LogP contribution is -2.23. The van der Waals surface area contributed by atoms with Gasteiger partial charge >= 0.3 is 0 Å². The van der Waals surface area contributed by atoms with Gasteiger partial charge in [-0.25, -0.2) is 0 Å². The van der Waals surface area contributed by atoms with Gasteiger partial charge in [0.1, 0.15) is 0 Å². The maximum absolute atomic E-state index is 6.37. The quantitative estimate of drug-likeness (QED) is 0.710. The van der Waals surface area contributed by atoms with Crippen molar-refractivity contribution < 1.29 is 4.74 Å². The van der Waals surface area contributed by atoms with Gasteiger partial charge in [-0.2, -0.15) is 0 Å². The van der Waals surface area contributed by atoms with Crippen LogP contribution < -0.4 is 0 Å². The Hall–Kier alpha value is -0.240. The summed E-state index contributed by atoms with van der Waals surface area (Å²) in [5.74, 6) is 0. The first-order valence-electron chi connectivity index (χ1n) is 5.28. The molecule has 1 fully saturated rings. The molecule has 1 saturated heterocycles. The normalized spacial score (nSPS) is 23.7. The minimum absolute atomic E-state index is 0.0532. The molecule has 2 unspecified atom stereocenters. The largest absolute Gasteiger partial charge is 0.376 e. The van der Waals surface area contributed by atoms with Crippen molar-refractivity contribution in [3.63, 3.8) is 0 Å². The SMILES string of the molecule is Clc1ccc(C(Cl)C2CCCCO2)cc1. The predicted octanol–water partition coefficient (Wildman–Crippen LogP) is 4.19. The molecule has 1 heterocycles. The lowest BCUT2D eigenvalue weighted by molar-refractivity contribution is 0.0136. The van der Waals surface area contributed by atoms with Crippen LogP contribution in [0.1, 0.15) is 30.2 Å². The third kappa shape index (κ3) is 2.87. The number of rotatable bonds is 2. The van der Waals surface area contributed by atoms with Gasteiger partial charge in [-0.1, -0.05) is 23.7 Å². The Morgan fingerprint density at radius 2 is 1.93 bits per heavy atom. The molecule has 0 saturated carbocycles. The maximum atomic E-state index is 6.37. The molecule has 3 heteroatoms. The van der Waals surface area contributed by atoms with Gasteiger partial charge in [0.25, 0.3) is 0 Å². The van der Waals surface area contributed by atoms with E-state index >= 15 is 0 Å². The van der Waals surface area contributed by atoms with E-state index in [1.54, 1.807) is 0 Å². The molecule has 0 spiro atoms. The molecule has 82 valence electrons. The fourth-order valence-electron chi connectivity index (χ4n) is 1.86. The fourth-order valence-corrected chi connectivity index (χ4v) is 2.33. The van der Waals surface area contributed by atoms with E-state index in [0.717, 1.165) is 30.0 Å². The van der Waals surface area contributed by atoms with Gasteiger partial charge in [0.15, 0.2) is 0 Å². The second-order valence-corrected chi connectivity index (χ2v) is 4.76. The number of alkyl halides is 1. The van der Waals surface area contributed by atoms with Crippen molar-refractivity contribution in [1.82, 2.24) is 0 Å². The first-order chi connectivity index (χ1) is 7.27. The molecule has 1 nitrogen and oxygen atoms in total. The van der Waals surface area contributed by atoms with E-state index in [-0.39, 0.29) is 11.5 Å². The van der Waals surface area contributed by atoms with E-state index in [1.807, 2.05) is 24.3 Å². The molecular formula is C12H14Cl2O. The van der Waals surface area contributed by atoms with Gasteiger partial charge < -0.3 is 4.74 Å². The molecule has 15 heavy (non-hydrogen) atoms. The molecule has 0 amide bonds. The van der Waals surface area contributed by atoms with Crippen molar-refractivity contribution in [3.05, 3.63) is 34.9 Å². The van der Waals surface area contributed by atoms with Crippen molar-refractivity contribution in [2.45, 2.75) is 30.7 Å². The summed E-state index contributed by atoms with van der Waals surface area (Å²) in [5.41, 5.74) is 1.09. The highest BCUT2D eigenvalue weighted by atomic mass is 35.5. The molecule has 1 aliphatic rings. The average molecular weight is 245 g/mol. The lowest BCUT2D eigenvalue weighted by Gasteiger charge is -2.26. The van der Waals surface area contributed by atoms with Gasteiger partial charge in [-0.3, -0.25) is 0 Å². The highest BCUT2D eigenvalue weighted by molar-refractivity contribution is 6.30. The van der Waals surface area contributed by atoms with Crippen LogP contribution >= 0.6 is 23.2 Å². The highest BCUT2D eigenvalue weighted by Crippen LogP contribution is 2.32. The zero-order valence-electron chi connectivity index (χ0n) is 8.46. The monoisotopic (exact) mass is 244 g/mol. The van der Waals surface area contributed by atoms with Crippen LogP contribution in [0.15, 0.2) is 24.3 Å². The Kier molecular flexibility index (Phi) is 3.90. The lowest BCUT2D eigenvalue weighted by atomic mass is 10.0. The van der Waals surface area contributed by atoms with Crippen LogP contribution in [0.5, 0.6) is 0 Å². The van der Waals surface area contributed by atoms with Crippen LogP contribution in [-0.2, 0) is 4.74 Å². The molecule has 1 aliphatic heterocycles. The van der Waals surface area contributed by atoms with Crippen molar-refractivity contribution in [1.29, 1.82) is 0 Å². The summed E-state index contributed by atoms with van der Waals surface area (Å²) in [4.78, 5) is 0. The smallest absolute Gasteiger partial charge is 0.0847 e. The minimum Gasteiger partial charge on any atom is -0.376 e. The van der Waals surface area contributed by atoms with E-state index in [0.29, 0.717) is 0 Å². The fraction of sp³-hybridized carbons (Fsp3) is 0.500.